The van der Waals surface area contributed by atoms with Crippen molar-refractivity contribution in [3.05, 3.63) is 70.7 Å². The Kier molecular flexibility index (Phi) is 4.59. The standard InChI is InChI=1S/C18H20ClNO/c19-16-8-6-15(7-9-16)18-12-17(21)10-11-20(18)13-14-4-2-1-3-5-14/h1-9,17-18,21H,10-13H2. The Morgan fingerprint density at radius 2 is 1.76 bits per heavy atom. The topological polar surface area (TPSA) is 23.5 Å². The summed E-state index contributed by atoms with van der Waals surface area (Å²) in [5.74, 6) is 0. The lowest BCUT2D eigenvalue weighted by Gasteiger charge is -2.38. The van der Waals surface area contributed by atoms with Gasteiger partial charge in [0, 0.05) is 24.2 Å². The van der Waals surface area contributed by atoms with E-state index < -0.39 is 0 Å². The average molecular weight is 302 g/mol. The first-order valence-corrected chi connectivity index (χ1v) is 7.81. The fourth-order valence-corrected chi connectivity index (χ4v) is 3.16. The SMILES string of the molecule is OC1CCN(Cc2ccccc2)C(c2ccc(Cl)cc2)C1. The molecular weight excluding hydrogens is 282 g/mol. The number of likely N-dealkylation sites (tertiary alicyclic amines) is 1. The summed E-state index contributed by atoms with van der Waals surface area (Å²) in [4.78, 5) is 2.45. The Morgan fingerprint density at radius 1 is 1.05 bits per heavy atom. The van der Waals surface area contributed by atoms with E-state index in [4.69, 9.17) is 11.6 Å². The molecule has 1 heterocycles. The van der Waals surface area contributed by atoms with Crippen LogP contribution in [0.5, 0.6) is 0 Å². The monoisotopic (exact) mass is 301 g/mol. The molecule has 2 nitrogen and oxygen atoms in total. The fourth-order valence-electron chi connectivity index (χ4n) is 3.03. The zero-order valence-electron chi connectivity index (χ0n) is 12.0. The van der Waals surface area contributed by atoms with Crippen molar-refractivity contribution in [3.8, 4) is 0 Å². The first-order valence-electron chi connectivity index (χ1n) is 7.44. The number of halogens is 1. The maximum absolute atomic E-state index is 10.0. The second-order valence-electron chi connectivity index (χ2n) is 5.70. The van der Waals surface area contributed by atoms with E-state index in [9.17, 15) is 5.11 Å². The number of aliphatic hydroxyl groups excluding tert-OH is 1. The van der Waals surface area contributed by atoms with Gasteiger partial charge < -0.3 is 5.11 Å². The Labute approximate surface area is 131 Å². The highest BCUT2D eigenvalue weighted by Gasteiger charge is 2.28. The third-order valence-electron chi connectivity index (χ3n) is 4.17. The number of aliphatic hydroxyl groups is 1. The number of benzene rings is 2. The summed E-state index contributed by atoms with van der Waals surface area (Å²) in [6, 6.07) is 18.8. The summed E-state index contributed by atoms with van der Waals surface area (Å²) < 4.78 is 0. The molecule has 0 amide bonds. The van der Waals surface area contributed by atoms with Crippen LogP contribution in [-0.4, -0.2) is 22.7 Å². The molecule has 2 atom stereocenters. The first-order chi connectivity index (χ1) is 10.2. The quantitative estimate of drug-likeness (QED) is 0.925. The minimum atomic E-state index is -0.210. The molecule has 0 aliphatic carbocycles. The van der Waals surface area contributed by atoms with Crippen LogP contribution in [0.15, 0.2) is 54.6 Å². The lowest BCUT2D eigenvalue weighted by Crippen LogP contribution is -2.38. The van der Waals surface area contributed by atoms with Gasteiger partial charge in [0.05, 0.1) is 6.10 Å². The lowest BCUT2D eigenvalue weighted by atomic mass is 9.93. The average Bonchev–Trinajstić information content (AvgIpc) is 2.51. The normalized spacial score (nSPS) is 23.1. The Hall–Kier alpha value is -1.35. The van der Waals surface area contributed by atoms with Crippen LogP contribution in [0.3, 0.4) is 0 Å². The molecule has 0 bridgehead atoms. The van der Waals surface area contributed by atoms with E-state index in [2.05, 4.69) is 41.3 Å². The molecule has 21 heavy (non-hydrogen) atoms. The Balaban J connectivity index is 1.81. The van der Waals surface area contributed by atoms with Crippen LogP contribution in [0.1, 0.15) is 30.0 Å². The molecule has 0 radical (unpaired) electrons. The maximum atomic E-state index is 10.0. The van der Waals surface area contributed by atoms with Gasteiger partial charge in [0.25, 0.3) is 0 Å². The highest BCUT2D eigenvalue weighted by atomic mass is 35.5. The van der Waals surface area contributed by atoms with Gasteiger partial charge in [-0.05, 0) is 36.1 Å². The number of nitrogens with zero attached hydrogens (tertiary/aromatic N) is 1. The van der Waals surface area contributed by atoms with Crippen LogP contribution in [0, 0.1) is 0 Å². The van der Waals surface area contributed by atoms with Gasteiger partial charge in [-0.2, -0.15) is 0 Å². The summed E-state index contributed by atoms with van der Waals surface area (Å²) in [6.07, 6.45) is 1.42. The van der Waals surface area contributed by atoms with E-state index in [0.717, 1.165) is 31.0 Å². The van der Waals surface area contributed by atoms with Crippen molar-refractivity contribution in [1.29, 1.82) is 0 Å². The number of hydrogen-bond acceptors (Lipinski definition) is 2. The largest absolute Gasteiger partial charge is 0.393 e. The van der Waals surface area contributed by atoms with Crippen molar-refractivity contribution < 1.29 is 5.11 Å². The summed E-state index contributed by atoms with van der Waals surface area (Å²) in [6.45, 7) is 1.84. The third-order valence-corrected chi connectivity index (χ3v) is 4.42. The zero-order chi connectivity index (χ0) is 14.7. The van der Waals surface area contributed by atoms with Crippen molar-refractivity contribution in [3.63, 3.8) is 0 Å². The minimum absolute atomic E-state index is 0.210. The van der Waals surface area contributed by atoms with E-state index in [-0.39, 0.29) is 12.1 Å². The lowest BCUT2D eigenvalue weighted by molar-refractivity contribution is 0.0364. The van der Waals surface area contributed by atoms with Crippen molar-refractivity contribution >= 4 is 11.6 Å². The predicted octanol–water partition coefficient (Wildman–Crippen LogP) is 4.04. The summed E-state index contributed by atoms with van der Waals surface area (Å²) in [5.41, 5.74) is 2.54. The smallest absolute Gasteiger partial charge is 0.0570 e. The van der Waals surface area contributed by atoms with Gasteiger partial charge >= 0.3 is 0 Å². The van der Waals surface area contributed by atoms with E-state index in [1.807, 2.05) is 18.2 Å². The van der Waals surface area contributed by atoms with Gasteiger partial charge in [-0.1, -0.05) is 54.1 Å². The molecule has 2 aromatic carbocycles. The minimum Gasteiger partial charge on any atom is -0.393 e. The molecular formula is C18H20ClNO. The molecule has 2 aromatic rings. The van der Waals surface area contributed by atoms with Crippen LogP contribution < -0.4 is 0 Å². The molecule has 2 unspecified atom stereocenters. The van der Waals surface area contributed by atoms with Crippen LogP contribution in [0.4, 0.5) is 0 Å². The van der Waals surface area contributed by atoms with Gasteiger partial charge in [0.1, 0.15) is 0 Å². The molecule has 3 rings (SSSR count). The Bertz CT molecular complexity index is 570. The van der Waals surface area contributed by atoms with Crippen LogP contribution >= 0.6 is 11.6 Å². The molecule has 1 aliphatic rings. The molecule has 3 heteroatoms. The van der Waals surface area contributed by atoms with Gasteiger partial charge in [0.15, 0.2) is 0 Å². The third kappa shape index (κ3) is 3.65. The van der Waals surface area contributed by atoms with E-state index in [1.54, 1.807) is 0 Å². The second-order valence-corrected chi connectivity index (χ2v) is 6.14. The van der Waals surface area contributed by atoms with Gasteiger partial charge in [-0.3, -0.25) is 4.90 Å². The first kappa shape index (κ1) is 14.6. The van der Waals surface area contributed by atoms with E-state index >= 15 is 0 Å². The molecule has 1 fully saturated rings. The highest BCUT2D eigenvalue weighted by Crippen LogP contribution is 2.32. The number of piperidine rings is 1. The predicted molar refractivity (Wildman–Crippen MR) is 86.3 cm³/mol. The molecule has 0 spiro atoms. The summed E-state index contributed by atoms with van der Waals surface area (Å²) in [7, 11) is 0. The van der Waals surface area contributed by atoms with Crippen molar-refractivity contribution in [2.75, 3.05) is 6.54 Å². The molecule has 1 N–H and O–H groups in total. The second kappa shape index (κ2) is 6.61. The van der Waals surface area contributed by atoms with Crippen LogP contribution in [-0.2, 0) is 6.54 Å². The molecule has 0 saturated carbocycles. The molecule has 0 aromatic heterocycles. The van der Waals surface area contributed by atoms with Crippen molar-refractivity contribution in [1.82, 2.24) is 4.90 Å². The molecule has 1 saturated heterocycles. The molecule has 1 aliphatic heterocycles. The van der Waals surface area contributed by atoms with Gasteiger partial charge in [-0.25, -0.2) is 0 Å². The zero-order valence-corrected chi connectivity index (χ0v) is 12.7. The maximum Gasteiger partial charge on any atom is 0.0570 e. The fraction of sp³-hybridized carbons (Fsp3) is 0.333. The van der Waals surface area contributed by atoms with E-state index in [0.29, 0.717) is 0 Å². The van der Waals surface area contributed by atoms with Gasteiger partial charge in [0.2, 0.25) is 0 Å². The summed E-state index contributed by atoms with van der Waals surface area (Å²) in [5, 5.41) is 10.8. The van der Waals surface area contributed by atoms with Gasteiger partial charge in [-0.15, -0.1) is 0 Å². The highest BCUT2D eigenvalue weighted by molar-refractivity contribution is 6.30. The Morgan fingerprint density at radius 3 is 2.48 bits per heavy atom. The van der Waals surface area contributed by atoms with Crippen LogP contribution in [0.25, 0.3) is 0 Å². The van der Waals surface area contributed by atoms with Crippen molar-refractivity contribution in [2.45, 2.75) is 31.5 Å². The van der Waals surface area contributed by atoms with E-state index in [1.165, 1.54) is 11.1 Å². The summed E-state index contributed by atoms with van der Waals surface area (Å²) >= 11 is 5.98. The number of rotatable bonds is 3. The van der Waals surface area contributed by atoms with Crippen molar-refractivity contribution in [2.24, 2.45) is 0 Å². The molecule has 110 valence electrons. The number of hydrogen-bond donors (Lipinski definition) is 1. The van der Waals surface area contributed by atoms with Crippen LogP contribution in [0.2, 0.25) is 5.02 Å².